The van der Waals surface area contributed by atoms with Crippen molar-refractivity contribution in [3.05, 3.63) is 29.8 Å². The van der Waals surface area contributed by atoms with Crippen molar-refractivity contribution in [2.75, 3.05) is 6.54 Å². The van der Waals surface area contributed by atoms with E-state index in [0.717, 1.165) is 11.3 Å². The van der Waals surface area contributed by atoms with Gasteiger partial charge in [0.25, 0.3) is 0 Å². The van der Waals surface area contributed by atoms with Crippen LogP contribution in [-0.2, 0) is 11.3 Å². The van der Waals surface area contributed by atoms with Crippen molar-refractivity contribution in [2.24, 2.45) is 0 Å². The molecule has 0 radical (unpaired) electrons. The number of halogens is 1. The van der Waals surface area contributed by atoms with Gasteiger partial charge in [-0.2, -0.15) is 0 Å². The molecule has 0 aromatic heterocycles. The summed E-state index contributed by atoms with van der Waals surface area (Å²) in [7, 11) is 0. The van der Waals surface area contributed by atoms with E-state index < -0.39 is 11.0 Å². The standard InChI is InChI=1S/C14H18ClNO2/c1-10(15)13(17)16-8-11-6-4-5-7-12(11)18-14(2,3)9-16/h4-7,10H,8-9H2,1-3H3. The first-order valence-electron chi connectivity index (χ1n) is 6.09. The number of fused-ring (bicyclic) bond motifs is 1. The maximum absolute atomic E-state index is 12.1. The van der Waals surface area contributed by atoms with E-state index in [9.17, 15) is 4.79 Å². The van der Waals surface area contributed by atoms with Crippen LogP contribution in [-0.4, -0.2) is 28.3 Å². The molecule has 1 aromatic carbocycles. The van der Waals surface area contributed by atoms with Gasteiger partial charge >= 0.3 is 0 Å². The Labute approximate surface area is 113 Å². The van der Waals surface area contributed by atoms with Gasteiger partial charge in [0.05, 0.1) is 6.54 Å². The first-order chi connectivity index (χ1) is 8.39. The van der Waals surface area contributed by atoms with Gasteiger partial charge in [-0.3, -0.25) is 4.79 Å². The highest BCUT2D eigenvalue weighted by Crippen LogP contribution is 2.29. The molecule has 4 heteroatoms. The van der Waals surface area contributed by atoms with Crippen molar-refractivity contribution in [1.29, 1.82) is 0 Å². The fraction of sp³-hybridized carbons (Fsp3) is 0.500. The SMILES string of the molecule is CC(Cl)C(=O)N1Cc2ccccc2OC(C)(C)C1. The molecule has 0 aliphatic carbocycles. The molecule has 18 heavy (non-hydrogen) atoms. The number of para-hydroxylation sites is 1. The maximum atomic E-state index is 12.1. The Hall–Kier alpha value is -1.22. The Bertz CT molecular complexity index is 457. The summed E-state index contributed by atoms with van der Waals surface area (Å²) in [6.45, 7) is 6.75. The summed E-state index contributed by atoms with van der Waals surface area (Å²) in [4.78, 5) is 13.9. The molecule has 0 spiro atoms. The lowest BCUT2D eigenvalue weighted by atomic mass is 10.1. The van der Waals surface area contributed by atoms with Gasteiger partial charge in [0.1, 0.15) is 16.7 Å². The Kier molecular flexibility index (Phi) is 3.53. The van der Waals surface area contributed by atoms with Crippen molar-refractivity contribution in [3.8, 4) is 5.75 Å². The fourth-order valence-corrected chi connectivity index (χ4v) is 2.33. The molecule has 1 aromatic rings. The molecule has 1 heterocycles. The lowest BCUT2D eigenvalue weighted by molar-refractivity contribution is -0.133. The van der Waals surface area contributed by atoms with Crippen molar-refractivity contribution >= 4 is 17.5 Å². The number of carbonyl (C=O) groups excluding carboxylic acids is 1. The predicted molar refractivity (Wildman–Crippen MR) is 71.9 cm³/mol. The predicted octanol–water partition coefficient (Wildman–Crippen LogP) is 2.81. The second-order valence-corrected chi connectivity index (χ2v) is 5.93. The molecule has 3 nitrogen and oxygen atoms in total. The van der Waals surface area contributed by atoms with Crippen LogP contribution in [0.15, 0.2) is 24.3 Å². The smallest absolute Gasteiger partial charge is 0.240 e. The Balaban J connectivity index is 2.34. The van der Waals surface area contributed by atoms with Crippen LogP contribution < -0.4 is 4.74 Å². The summed E-state index contributed by atoms with van der Waals surface area (Å²) in [6, 6.07) is 7.81. The van der Waals surface area contributed by atoms with Crippen LogP contribution in [0.3, 0.4) is 0 Å². The van der Waals surface area contributed by atoms with E-state index in [1.807, 2.05) is 38.1 Å². The fourth-order valence-electron chi connectivity index (χ4n) is 2.19. The van der Waals surface area contributed by atoms with Gasteiger partial charge in [0, 0.05) is 12.1 Å². The third-order valence-electron chi connectivity index (χ3n) is 2.94. The zero-order valence-corrected chi connectivity index (χ0v) is 11.7. The number of benzene rings is 1. The molecule has 1 amide bonds. The molecule has 2 rings (SSSR count). The van der Waals surface area contributed by atoms with Crippen molar-refractivity contribution < 1.29 is 9.53 Å². The van der Waals surface area contributed by atoms with Crippen LogP contribution in [0, 0.1) is 0 Å². The van der Waals surface area contributed by atoms with Crippen molar-refractivity contribution in [2.45, 2.75) is 38.3 Å². The van der Waals surface area contributed by atoms with E-state index in [2.05, 4.69) is 0 Å². The van der Waals surface area contributed by atoms with E-state index in [-0.39, 0.29) is 5.91 Å². The molecule has 0 saturated heterocycles. The minimum absolute atomic E-state index is 0.0509. The molecular formula is C14H18ClNO2. The number of ether oxygens (including phenoxy) is 1. The molecule has 1 aliphatic heterocycles. The third-order valence-corrected chi connectivity index (χ3v) is 3.13. The second-order valence-electron chi connectivity index (χ2n) is 5.28. The summed E-state index contributed by atoms with van der Waals surface area (Å²) in [5.74, 6) is 0.796. The van der Waals surface area contributed by atoms with Gasteiger partial charge < -0.3 is 9.64 Å². The molecule has 0 N–H and O–H groups in total. The maximum Gasteiger partial charge on any atom is 0.240 e. The van der Waals surface area contributed by atoms with Crippen LogP contribution in [0.5, 0.6) is 5.75 Å². The van der Waals surface area contributed by atoms with Gasteiger partial charge in [0.2, 0.25) is 5.91 Å². The van der Waals surface area contributed by atoms with Crippen molar-refractivity contribution in [3.63, 3.8) is 0 Å². The Morgan fingerprint density at radius 2 is 2.11 bits per heavy atom. The Morgan fingerprint density at radius 3 is 2.78 bits per heavy atom. The van der Waals surface area contributed by atoms with Gasteiger partial charge in [0.15, 0.2) is 0 Å². The molecule has 98 valence electrons. The first kappa shape index (κ1) is 13.2. The van der Waals surface area contributed by atoms with Crippen LogP contribution in [0.2, 0.25) is 0 Å². The third kappa shape index (κ3) is 2.78. The first-order valence-corrected chi connectivity index (χ1v) is 6.52. The van der Waals surface area contributed by atoms with Gasteiger partial charge in [-0.1, -0.05) is 18.2 Å². The zero-order valence-electron chi connectivity index (χ0n) is 10.9. The molecule has 1 unspecified atom stereocenters. The Morgan fingerprint density at radius 1 is 1.44 bits per heavy atom. The monoisotopic (exact) mass is 267 g/mol. The number of nitrogens with zero attached hydrogens (tertiary/aromatic N) is 1. The van der Waals surface area contributed by atoms with Gasteiger partial charge in [-0.05, 0) is 26.8 Å². The molecule has 1 aliphatic rings. The van der Waals surface area contributed by atoms with Crippen LogP contribution >= 0.6 is 11.6 Å². The molecule has 0 bridgehead atoms. The van der Waals surface area contributed by atoms with Crippen LogP contribution in [0.4, 0.5) is 0 Å². The minimum atomic E-state index is -0.508. The van der Waals surface area contributed by atoms with Gasteiger partial charge in [-0.25, -0.2) is 0 Å². The lowest BCUT2D eigenvalue weighted by Gasteiger charge is -2.30. The van der Waals surface area contributed by atoms with E-state index in [4.69, 9.17) is 16.3 Å². The number of carbonyl (C=O) groups is 1. The molecule has 0 saturated carbocycles. The summed E-state index contributed by atoms with van der Waals surface area (Å²) < 4.78 is 5.97. The highest BCUT2D eigenvalue weighted by molar-refractivity contribution is 6.30. The van der Waals surface area contributed by atoms with E-state index >= 15 is 0 Å². The summed E-state index contributed by atoms with van der Waals surface area (Å²) >= 11 is 5.90. The van der Waals surface area contributed by atoms with E-state index in [0.29, 0.717) is 13.1 Å². The molecule has 0 fully saturated rings. The average molecular weight is 268 g/mol. The number of amides is 1. The van der Waals surface area contributed by atoms with Crippen LogP contribution in [0.25, 0.3) is 0 Å². The largest absolute Gasteiger partial charge is 0.486 e. The van der Waals surface area contributed by atoms with E-state index in [1.165, 1.54) is 0 Å². The highest BCUT2D eigenvalue weighted by Gasteiger charge is 2.32. The summed E-state index contributed by atoms with van der Waals surface area (Å²) in [5, 5.41) is -0.508. The second kappa shape index (κ2) is 4.81. The zero-order chi connectivity index (χ0) is 13.3. The summed E-state index contributed by atoms with van der Waals surface area (Å²) in [6.07, 6.45) is 0. The topological polar surface area (TPSA) is 29.5 Å². The lowest BCUT2D eigenvalue weighted by Crippen LogP contribution is -2.45. The molecular weight excluding hydrogens is 250 g/mol. The average Bonchev–Trinajstić information content (AvgIpc) is 2.42. The number of hydrogen-bond donors (Lipinski definition) is 0. The highest BCUT2D eigenvalue weighted by atomic mass is 35.5. The number of hydrogen-bond acceptors (Lipinski definition) is 2. The summed E-state index contributed by atoms with van der Waals surface area (Å²) in [5.41, 5.74) is 0.613. The van der Waals surface area contributed by atoms with Crippen molar-refractivity contribution in [1.82, 2.24) is 4.90 Å². The van der Waals surface area contributed by atoms with Crippen LogP contribution in [0.1, 0.15) is 26.3 Å². The number of rotatable bonds is 1. The van der Waals surface area contributed by atoms with Gasteiger partial charge in [-0.15, -0.1) is 11.6 Å². The van der Waals surface area contributed by atoms with E-state index in [1.54, 1.807) is 11.8 Å². The number of alkyl halides is 1. The quantitative estimate of drug-likeness (QED) is 0.733. The normalized spacial score (nSPS) is 19.4. The molecule has 1 atom stereocenters. The minimum Gasteiger partial charge on any atom is -0.486 e.